The summed E-state index contributed by atoms with van der Waals surface area (Å²) in [6.07, 6.45) is 0. The number of rotatable bonds is 1. The molecule has 1 aromatic carbocycles. The van der Waals surface area contributed by atoms with Crippen LogP contribution in [0.2, 0.25) is 0 Å². The number of benzene rings is 1. The molecule has 64 valence electrons. The summed E-state index contributed by atoms with van der Waals surface area (Å²) < 4.78 is 10.6. The van der Waals surface area contributed by atoms with Crippen LogP contribution in [-0.2, 0) is 9.31 Å². The lowest BCUT2D eigenvalue weighted by Crippen LogP contribution is -2.31. The second kappa shape index (κ2) is 3.61. The third kappa shape index (κ3) is 1.72. The van der Waals surface area contributed by atoms with Crippen molar-refractivity contribution in [3.05, 3.63) is 35.7 Å². The van der Waals surface area contributed by atoms with Crippen molar-refractivity contribution < 1.29 is 9.31 Å². The molecular weight excluding hydrogens is 165 g/mol. The molecule has 1 fully saturated rings. The Labute approximate surface area is 77.2 Å². The maximum absolute atomic E-state index is 6.79. The summed E-state index contributed by atoms with van der Waals surface area (Å²) in [6, 6.07) is 7.27. The Morgan fingerprint density at radius 2 is 1.77 bits per heavy atom. The molecule has 1 aliphatic heterocycles. The quantitative estimate of drug-likeness (QED) is 0.466. The van der Waals surface area contributed by atoms with Gasteiger partial charge in [-0.05, 0) is 5.46 Å². The average molecular weight is 173 g/mol. The first-order valence-corrected chi connectivity index (χ1v) is 4.11. The summed E-state index contributed by atoms with van der Waals surface area (Å²) in [5.74, 6) is 0. The van der Waals surface area contributed by atoms with E-state index >= 15 is 0 Å². The lowest BCUT2D eigenvalue weighted by atomic mass is 9.79. The monoisotopic (exact) mass is 173 g/mol. The van der Waals surface area contributed by atoms with Crippen molar-refractivity contribution in [3.8, 4) is 0 Å². The largest absolute Gasteiger partial charge is 0.493 e. The van der Waals surface area contributed by atoms with E-state index in [0.29, 0.717) is 18.9 Å². The third-order valence-corrected chi connectivity index (χ3v) is 1.92. The first-order valence-electron chi connectivity index (χ1n) is 4.11. The molecule has 3 nitrogen and oxygen atoms in total. The highest BCUT2D eigenvalue weighted by atomic mass is 16.6. The van der Waals surface area contributed by atoms with Gasteiger partial charge in [0, 0.05) is 0 Å². The first-order chi connectivity index (χ1) is 6.40. The SMILES string of the molecule is [C-]#[N+]c1ccc(B2OCCO2)cc1. The van der Waals surface area contributed by atoms with Crippen LogP contribution >= 0.6 is 0 Å². The molecule has 0 saturated carbocycles. The van der Waals surface area contributed by atoms with Gasteiger partial charge in [-0.1, -0.05) is 24.3 Å². The van der Waals surface area contributed by atoms with Crippen molar-refractivity contribution in [1.82, 2.24) is 0 Å². The van der Waals surface area contributed by atoms with E-state index in [9.17, 15) is 0 Å². The zero-order valence-electron chi connectivity index (χ0n) is 7.06. The molecule has 0 aromatic heterocycles. The summed E-state index contributed by atoms with van der Waals surface area (Å²) in [5.41, 5.74) is 1.62. The van der Waals surface area contributed by atoms with E-state index in [-0.39, 0.29) is 7.12 Å². The summed E-state index contributed by atoms with van der Waals surface area (Å²) in [5, 5.41) is 0. The van der Waals surface area contributed by atoms with Crippen LogP contribution < -0.4 is 5.46 Å². The standard InChI is InChI=1S/C9H8BNO2/c1-11-9-4-2-8(3-5-9)10-12-6-7-13-10/h2-5H,6-7H2. The van der Waals surface area contributed by atoms with E-state index in [1.54, 1.807) is 12.1 Å². The lowest BCUT2D eigenvalue weighted by Gasteiger charge is -2.02. The molecule has 13 heavy (non-hydrogen) atoms. The predicted octanol–water partition coefficient (Wildman–Crippen LogP) is 0.979. The fourth-order valence-corrected chi connectivity index (χ4v) is 1.26. The van der Waals surface area contributed by atoms with Gasteiger partial charge in [0.15, 0.2) is 5.69 Å². The van der Waals surface area contributed by atoms with Crippen molar-refractivity contribution in [2.24, 2.45) is 0 Å². The van der Waals surface area contributed by atoms with Gasteiger partial charge in [0.05, 0.1) is 19.8 Å². The Morgan fingerprint density at radius 1 is 1.15 bits per heavy atom. The minimum atomic E-state index is -0.236. The third-order valence-electron chi connectivity index (χ3n) is 1.92. The van der Waals surface area contributed by atoms with Gasteiger partial charge in [0.1, 0.15) is 0 Å². The summed E-state index contributed by atoms with van der Waals surface area (Å²) in [6.45, 7) is 8.08. The van der Waals surface area contributed by atoms with E-state index in [1.165, 1.54) is 0 Å². The topological polar surface area (TPSA) is 22.8 Å². The van der Waals surface area contributed by atoms with E-state index in [4.69, 9.17) is 15.9 Å². The van der Waals surface area contributed by atoms with Gasteiger partial charge >= 0.3 is 7.12 Å². The zero-order chi connectivity index (χ0) is 9.10. The molecule has 1 heterocycles. The molecule has 1 saturated heterocycles. The van der Waals surface area contributed by atoms with E-state index in [1.807, 2.05) is 12.1 Å². The molecule has 0 N–H and O–H groups in total. The van der Waals surface area contributed by atoms with Crippen molar-refractivity contribution >= 4 is 18.3 Å². The van der Waals surface area contributed by atoms with Gasteiger partial charge in [0.25, 0.3) is 0 Å². The molecular formula is C9H8BNO2. The second-order valence-corrected chi connectivity index (χ2v) is 2.78. The van der Waals surface area contributed by atoms with Crippen molar-refractivity contribution in [2.75, 3.05) is 13.2 Å². The van der Waals surface area contributed by atoms with Crippen LogP contribution in [0, 0.1) is 6.57 Å². The first kappa shape index (κ1) is 8.30. The summed E-state index contributed by atoms with van der Waals surface area (Å²) >= 11 is 0. The predicted molar refractivity (Wildman–Crippen MR) is 50.0 cm³/mol. The van der Waals surface area contributed by atoms with Crippen molar-refractivity contribution in [3.63, 3.8) is 0 Å². The molecule has 1 aromatic rings. The highest BCUT2D eigenvalue weighted by Gasteiger charge is 2.25. The molecule has 0 amide bonds. The Kier molecular flexibility index (Phi) is 2.30. The van der Waals surface area contributed by atoms with Crippen LogP contribution in [0.15, 0.2) is 24.3 Å². The van der Waals surface area contributed by atoms with E-state index in [0.717, 1.165) is 5.46 Å². The van der Waals surface area contributed by atoms with Crippen LogP contribution in [0.4, 0.5) is 5.69 Å². The highest BCUT2D eigenvalue weighted by molar-refractivity contribution is 6.61. The minimum absolute atomic E-state index is 0.236. The molecule has 0 aliphatic carbocycles. The van der Waals surface area contributed by atoms with Gasteiger partial charge in [0.2, 0.25) is 0 Å². The molecule has 1 aliphatic rings. The van der Waals surface area contributed by atoms with Gasteiger partial charge in [-0.3, -0.25) is 0 Å². The number of hydrogen-bond donors (Lipinski definition) is 0. The second-order valence-electron chi connectivity index (χ2n) is 2.78. The number of hydrogen-bond acceptors (Lipinski definition) is 2. The van der Waals surface area contributed by atoms with Crippen LogP contribution in [-0.4, -0.2) is 20.3 Å². The normalized spacial score (nSPS) is 15.8. The van der Waals surface area contributed by atoms with Gasteiger partial charge in [-0.15, -0.1) is 0 Å². The highest BCUT2D eigenvalue weighted by Crippen LogP contribution is 2.09. The molecule has 4 heteroatoms. The zero-order valence-corrected chi connectivity index (χ0v) is 7.06. The van der Waals surface area contributed by atoms with Crippen molar-refractivity contribution in [1.29, 1.82) is 0 Å². The Bertz CT molecular complexity index is 324. The maximum atomic E-state index is 6.79. The molecule has 0 spiro atoms. The van der Waals surface area contributed by atoms with Gasteiger partial charge in [-0.2, -0.15) is 0 Å². The van der Waals surface area contributed by atoms with E-state index in [2.05, 4.69) is 4.85 Å². The van der Waals surface area contributed by atoms with Crippen LogP contribution in [0.1, 0.15) is 0 Å². The van der Waals surface area contributed by atoms with Gasteiger partial charge in [-0.25, -0.2) is 4.85 Å². The molecule has 0 unspecified atom stereocenters. The maximum Gasteiger partial charge on any atom is 0.493 e. The van der Waals surface area contributed by atoms with E-state index < -0.39 is 0 Å². The Morgan fingerprint density at radius 3 is 2.31 bits per heavy atom. The van der Waals surface area contributed by atoms with Gasteiger partial charge < -0.3 is 9.31 Å². The fourth-order valence-electron chi connectivity index (χ4n) is 1.26. The van der Waals surface area contributed by atoms with Crippen LogP contribution in [0.25, 0.3) is 4.85 Å². The molecule has 0 bridgehead atoms. The Balaban J connectivity index is 2.18. The Hall–Kier alpha value is -1.31. The van der Waals surface area contributed by atoms with Crippen LogP contribution in [0.5, 0.6) is 0 Å². The average Bonchev–Trinajstić information content (AvgIpc) is 2.71. The molecule has 2 rings (SSSR count). The lowest BCUT2D eigenvalue weighted by molar-refractivity contribution is 0.365. The molecule has 0 atom stereocenters. The summed E-state index contributed by atoms with van der Waals surface area (Å²) in [4.78, 5) is 3.31. The smallest absolute Gasteiger partial charge is 0.405 e. The number of nitrogens with zero attached hydrogens (tertiary/aromatic N) is 1. The fraction of sp³-hybridized carbons (Fsp3) is 0.222. The van der Waals surface area contributed by atoms with Crippen LogP contribution in [0.3, 0.4) is 0 Å². The summed E-state index contributed by atoms with van der Waals surface area (Å²) in [7, 11) is -0.236. The minimum Gasteiger partial charge on any atom is -0.405 e. The molecule has 0 radical (unpaired) electrons. The van der Waals surface area contributed by atoms with Crippen molar-refractivity contribution in [2.45, 2.75) is 0 Å².